The first-order valence-electron chi connectivity index (χ1n) is 10.5. The van der Waals surface area contributed by atoms with Crippen molar-refractivity contribution in [2.24, 2.45) is 0 Å². The van der Waals surface area contributed by atoms with Crippen molar-refractivity contribution in [1.29, 1.82) is 0 Å². The second kappa shape index (κ2) is 6.98. The minimum Gasteiger partial charge on any atom is -0.455 e. The van der Waals surface area contributed by atoms with Crippen LogP contribution in [-0.4, -0.2) is 15.0 Å². The summed E-state index contributed by atoms with van der Waals surface area (Å²) >= 11 is 3.48. The van der Waals surface area contributed by atoms with E-state index in [-0.39, 0.29) is 0 Å². The van der Waals surface area contributed by atoms with E-state index in [0.717, 1.165) is 55.0 Å². The number of aromatic nitrogens is 3. The second-order valence-corrected chi connectivity index (χ2v) is 8.52. The lowest BCUT2D eigenvalue weighted by atomic mass is 10.1. The quantitative estimate of drug-likeness (QED) is 0.247. The lowest BCUT2D eigenvalue weighted by Gasteiger charge is -2.06. The van der Waals surface area contributed by atoms with E-state index >= 15 is 0 Å². The van der Waals surface area contributed by atoms with E-state index in [9.17, 15) is 0 Å². The van der Waals surface area contributed by atoms with Gasteiger partial charge in [0, 0.05) is 21.5 Å². The van der Waals surface area contributed by atoms with Gasteiger partial charge in [-0.25, -0.2) is 15.0 Å². The summed E-state index contributed by atoms with van der Waals surface area (Å²) in [5.74, 6) is 1.06. The van der Waals surface area contributed by atoms with Gasteiger partial charge in [0.15, 0.2) is 11.6 Å². The molecule has 0 aliphatic rings. The van der Waals surface area contributed by atoms with E-state index in [1.54, 1.807) is 0 Å². The number of hydrogen-bond acceptors (Lipinski definition) is 5. The largest absolute Gasteiger partial charge is 0.455 e. The number of para-hydroxylation sites is 4. The molecule has 3 heterocycles. The SMILES string of the molecule is Brc1nc(-c2cccc3c2oc2ccccc23)nc(-c2cccc3c2oc2ccccc23)n1. The van der Waals surface area contributed by atoms with Gasteiger partial charge < -0.3 is 8.83 Å². The Labute approximate surface area is 195 Å². The zero-order valence-electron chi connectivity index (χ0n) is 17.1. The van der Waals surface area contributed by atoms with Gasteiger partial charge in [-0.05, 0) is 40.2 Å². The molecule has 0 saturated carbocycles. The van der Waals surface area contributed by atoms with Crippen molar-refractivity contribution in [3.05, 3.63) is 89.7 Å². The highest BCUT2D eigenvalue weighted by Gasteiger charge is 2.18. The highest BCUT2D eigenvalue weighted by Crippen LogP contribution is 2.37. The standard InChI is InChI=1S/C27H14BrN3O2/c28-27-30-25(19-11-5-9-17-15-7-1-3-13-21(15)32-23(17)19)29-26(31-27)20-12-6-10-18-16-8-2-4-14-22(16)33-24(18)20/h1-14H. The number of hydrogen-bond donors (Lipinski definition) is 0. The van der Waals surface area contributed by atoms with Crippen LogP contribution in [0.1, 0.15) is 0 Å². The third kappa shape index (κ3) is 2.81. The predicted molar refractivity (Wildman–Crippen MR) is 133 cm³/mol. The molecule has 0 aliphatic heterocycles. The van der Waals surface area contributed by atoms with Crippen molar-refractivity contribution in [1.82, 2.24) is 15.0 Å². The lowest BCUT2D eigenvalue weighted by Crippen LogP contribution is -1.98. The maximum absolute atomic E-state index is 6.20. The van der Waals surface area contributed by atoms with Gasteiger partial charge in [-0.3, -0.25) is 0 Å². The molecule has 33 heavy (non-hydrogen) atoms. The fourth-order valence-corrected chi connectivity index (χ4v) is 4.77. The zero-order chi connectivity index (χ0) is 21.9. The van der Waals surface area contributed by atoms with Crippen molar-refractivity contribution in [2.45, 2.75) is 0 Å². The van der Waals surface area contributed by atoms with E-state index in [0.29, 0.717) is 16.4 Å². The fourth-order valence-electron chi connectivity index (χ4n) is 4.44. The van der Waals surface area contributed by atoms with E-state index < -0.39 is 0 Å². The number of rotatable bonds is 2. The van der Waals surface area contributed by atoms with Crippen LogP contribution in [0.25, 0.3) is 66.7 Å². The molecule has 6 heteroatoms. The second-order valence-electron chi connectivity index (χ2n) is 7.81. The summed E-state index contributed by atoms with van der Waals surface area (Å²) < 4.78 is 12.8. The Morgan fingerprint density at radius 2 is 0.939 bits per heavy atom. The Kier molecular flexibility index (Phi) is 3.92. The van der Waals surface area contributed by atoms with Crippen molar-refractivity contribution in [3.8, 4) is 22.8 Å². The topological polar surface area (TPSA) is 65.0 Å². The number of benzene rings is 4. The molecule has 0 saturated heterocycles. The normalized spacial score (nSPS) is 11.8. The molecule has 3 aromatic heterocycles. The Hall–Kier alpha value is -4.03. The minimum absolute atomic E-state index is 0.448. The molecule has 0 N–H and O–H groups in total. The van der Waals surface area contributed by atoms with Crippen molar-refractivity contribution < 1.29 is 8.83 Å². The predicted octanol–water partition coefficient (Wildman–Crippen LogP) is 7.77. The molecular weight excluding hydrogens is 478 g/mol. The first kappa shape index (κ1) is 18.5. The molecule has 5 nitrogen and oxygen atoms in total. The summed E-state index contributed by atoms with van der Waals surface area (Å²) in [4.78, 5) is 14.0. The van der Waals surface area contributed by atoms with Crippen LogP contribution in [0.15, 0.2) is 98.5 Å². The molecule has 4 aromatic carbocycles. The fraction of sp³-hybridized carbons (Fsp3) is 0. The molecule has 7 aromatic rings. The molecule has 0 amide bonds. The molecule has 0 spiro atoms. The number of furan rings is 2. The van der Waals surface area contributed by atoms with Gasteiger partial charge in [0.25, 0.3) is 0 Å². The molecule has 7 rings (SSSR count). The first-order chi connectivity index (χ1) is 16.3. The Bertz CT molecular complexity index is 1720. The number of nitrogens with zero attached hydrogens (tertiary/aromatic N) is 3. The van der Waals surface area contributed by atoms with Gasteiger partial charge in [0.1, 0.15) is 22.3 Å². The molecular formula is C27H14BrN3O2. The average molecular weight is 492 g/mol. The molecule has 0 atom stereocenters. The number of fused-ring (bicyclic) bond motifs is 6. The van der Waals surface area contributed by atoms with E-state index in [2.05, 4.69) is 50.2 Å². The molecule has 0 unspecified atom stereocenters. The lowest BCUT2D eigenvalue weighted by molar-refractivity contribution is 0.669. The van der Waals surface area contributed by atoms with Gasteiger partial charge >= 0.3 is 0 Å². The highest BCUT2D eigenvalue weighted by molar-refractivity contribution is 9.10. The molecule has 0 aliphatic carbocycles. The Morgan fingerprint density at radius 3 is 1.45 bits per heavy atom. The van der Waals surface area contributed by atoms with Gasteiger partial charge in [0.05, 0.1) is 11.1 Å². The Morgan fingerprint density at radius 1 is 0.485 bits per heavy atom. The van der Waals surface area contributed by atoms with Crippen LogP contribution in [0.5, 0.6) is 0 Å². The Balaban J connectivity index is 1.48. The summed E-state index contributed by atoms with van der Waals surface area (Å²) in [6.45, 7) is 0. The van der Waals surface area contributed by atoms with Crippen molar-refractivity contribution in [2.75, 3.05) is 0 Å². The van der Waals surface area contributed by atoms with Crippen LogP contribution in [0, 0.1) is 0 Å². The van der Waals surface area contributed by atoms with Crippen molar-refractivity contribution in [3.63, 3.8) is 0 Å². The molecule has 0 bridgehead atoms. The van der Waals surface area contributed by atoms with Gasteiger partial charge in [-0.15, -0.1) is 0 Å². The maximum Gasteiger partial charge on any atom is 0.200 e. The third-order valence-electron chi connectivity index (χ3n) is 5.90. The number of halogens is 1. The van der Waals surface area contributed by atoms with Crippen LogP contribution < -0.4 is 0 Å². The highest BCUT2D eigenvalue weighted by atomic mass is 79.9. The monoisotopic (exact) mass is 491 g/mol. The average Bonchev–Trinajstić information content (AvgIpc) is 3.42. The van der Waals surface area contributed by atoms with Gasteiger partial charge in [0.2, 0.25) is 4.73 Å². The van der Waals surface area contributed by atoms with Crippen LogP contribution in [0.4, 0.5) is 0 Å². The van der Waals surface area contributed by atoms with Gasteiger partial charge in [-0.1, -0.05) is 60.7 Å². The summed E-state index contributed by atoms with van der Waals surface area (Å²) in [6.07, 6.45) is 0. The molecule has 0 radical (unpaired) electrons. The maximum atomic E-state index is 6.20. The summed E-state index contributed by atoms with van der Waals surface area (Å²) in [5, 5.41) is 4.19. The van der Waals surface area contributed by atoms with Crippen LogP contribution >= 0.6 is 15.9 Å². The van der Waals surface area contributed by atoms with Crippen molar-refractivity contribution >= 4 is 59.8 Å². The van der Waals surface area contributed by atoms with Gasteiger partial charge in [-0.2, -0.15) is 0 Å². The first-order valence-corrected chi connectivity index (χ1v) is 11.3. The van der Waals surface area contributed by atoms with E-state index in [1.807, 2.05) is 60.7 Å². The minimum atomic E-state index is 0.448. The molecule has 156 valence electrons. The summed E-state index contributed by atoms with van der Waals surface area (Å²) in [7, 11) is 0. The van der Waals surface area contributed by atoms with E-state index in [1.165, 1.54) is 0 Å². The summed E-state index contributed by atoms with van der Waals surface area (Å²) in [5.41, 5.74) is 4.80. The zero-order valence-corrected chi connectivity index (χ0v) is 18.7. The van der Waals surface area contributed by atoms with Crippen LogP contribution in [-0.2, 0) is 0 Å². The van der Waals surface area contributed by atoms with E-state index in [4.69, 9.17) is 13.8 Å². The smallest absolute Gasteiger partial charge is 0.200 e. The van der Waals surface area contributed by atoms with Crippen LogP contribution in [0.2, 0.25) is 0 Å². The van der Waals surface area contributed by atoms with Crippen LogP contribution in [0.3, 0.4) is 0 Å². The molecule has 0 fully saturated rings. The summed E-state index contributed by atoms with van der Waals surface area (Å²) in [6, 6.07) is 28.0. The third-order valence-corrected chi connectivity index (χ3v) is 6.25.